The first-order valence-corrected chi connectivity index (χ1v) is 9.25. The van der Waals surface area contributed by atoms with Crippen molar-refractivity contribution in [2.24, 2.45) is 0 Å². The minimum atomic E-state index is 0.232. The van der Waals surface area contributed by atoms with Crippen LogP contribution in [0.3, 0.4) is 0 Å². The zero-order chi connectivity index (χ0) is 18.4. The van der Waals surface area contributed by atoms with Gasteiger partial charge in [0.25, 0.3) is 0 Å². The molecular weight excluding hydrogens is 381 g/mol. The minimum absolute atomic E-state index is 0.232. The highest BCUT2D eigenvalue weighted by Crippen LogP contribution is 2.35. The normalized spacial score (nSPS) is 12.1. The van der Waals surface area contributed by atoms with Crippen LogP contribution in [0.25, 0.3) is 0 Å². The van der Waals surface area contributed by atoms with Crippen LogP contribution in [-0.4, -0.2) is 13.2 Å². The van der Waals surface area contributed by atoms with Gasteiger partial charge in [-0.1, -0.05) is 47.8 Å². The summed E-state index contributed by atoms with van der Waals surface area (Å²) >= 11 is 18.8. The van der Waals surface area contributed by atoms with E-state index in [1.165, 1.54) is 0 Å². The minimum Gasteiger partial charge on any atom is -0.493 e. The van der Waals surface area contributed by atoms with Crippen LogP contribution >= 0.6 is 34.8 Å². The maximum absolute atomic E-state index is 6.40. The summed E-state index contributed by atoms with van der Waals surface area (Å²) in [7, 11) is 1.60. The third-order valence-corrected chi connectivity index (χ3v) is 5.08. The number of hydrogen-bond donors (Lipinski definition) is 1. The van der Waals surface area contributed by atoms with Crippen LogP contribution in [0.1, 0.15) is 31.4 Å². The fraction of sp³-hybridized carbons (Fsp3) is 0.368. The summed E-state index contributed by atoms with van der Waals surface area (Å²) in [6.07, 6.45) is 1.05. The molecule has 2 rings (SSSR count). The number of rotatable bonds is 8. The number of hydrogen-bond acceptors (Lipinski definition) is 3. The van der Waals surface area contributed by atoms with Crippen molar-refractivity contribution in [1.29, 1.82) is 0 Å². The Hall–Kier alpha value is -1.13. The van der Waals surface area contributed by atoms with Crippen molar-refractivity contribution in [3.8, 4) is 11.5 Å². The standard InChI is InChI=1S/C19H22Cl3NO2/c1-4-12(2)23-10-13-8-18(24-3)19(9-17(13)22)25-11-14-15(20)6-5-7-16(14)21/h5-9,12,23H,4,10-11H2,1-3H3. The highest BCUT2D eigenvalue weighted by molar-refractivity contribution is 6.36. The number of methoxy groups -OCH3 is 1. The zero-order valence-electron chi connectivity index (χ0n) is 14.5. The second kappa shape index (κ2) is 9.54. The van der Waals surface area contributed by atoms with Gasteiger partial charge < -0.3 is 14.8 Å². The molecule has 0 bridgehead atoms. The molecule has 0 aliphatic heterocycles. The van der Waals surface area contributed by atoms with Gasteiger partial charge in [0.1, 0.15) is 6.61 Å². The van der Waals surface area contributed by atoms with Gasteiger partial charge in [0, 0.05) is 39.3 Å². The molecule has 136 valence electrons. The first-order chi connectivity index (χ1) is 12.0. The fourth-order valence-corrected chi connectivity index (χ4v) is 2.96. The van der Waals surface area contributed by atoms with Gasteiger partial charge in [-0.2, -0.15) is 0 Å². The Balaban J connectivity index is 2.16. The molecule has 0 saturated heterocycles. The van der Waals surface area contributed by atoms with Crippen LogP contribution in [0.2, 0.25) is 15.1 Å². The topological polar surface area (TPSA) is 30.5 Å². The third-order valence-electron chi connectivity index (χ3n) is 4.02. The highest BCUT2D eigenvalue weighted by atomic mass is 35.5. The number of nitrogens with one attached hydrogen (secondary N) is 1. The summed E-state index contributed by atoms with van der Waals surface area (Å²) in [6, 6.07) is 9.42. The number of ether oxygens (including phenoxy) is 2. The lowest BCUT2D eigenvalue weighted by Crippen LogP contribution is -2.24. The van der Waals surface area contributed by atoms with E-state index in [0.29, 0.717) is 39.2 Å². The fourth-order valence-electron chi connectivity index (χ4n) is 2.23. The van der Waals surface area contributed by atoms with E-state index >= 15 is 0 Å². The van der Waals surface area contributed by atoms with E-state index in [1.54, 1.807) is 31.4 Å². The molecule has 0 aliphatic rings. The van der Waals surface area contributed by atoms with E-state index in [1.807, 2.05) is 6.07 Å². The molecule has 0 fully saturated rings. The Morgan fingerprint density at radius 1 is 1.04 bits per heavy atom. The number of halogens is 3. The summed E-state index contributed by atoms with van der Waals surface area (Å²) in [6.45, 7) is 5.17. The molecule has 0 saturated carbocycles. The average Bonchev–Trinajstić information content (AvgIpc) is 2.60. The molecule has 0 heterocycles. The van der Waals surface area contributed by atoms with Crippen LogP contribution in [0.4, 0.5) is 0 Å². The van der Waals surface area contributed by atoms with E-state index in [0.717, 1.165) is 17.5 Å². The third kappa shape index (κ3) is 5.42. The van der Waals surface area contributed by atoms with Crippen molar-refractivity contribution in [3.63, 3.8) is 0 Å². The van der Waals surface area contributed by atoms with Crippen molar-refractivity contribution in [2.45, 2.75) is 39.5 Å². The molecular formula is C19H22Cl3NO2. The molecule has 0 radical (unpaired) electrons. The molecule has 6 heteroatoms. The molecule has 0 aliphatic carbocycles. The van der Waals surface area contributed by atoms with E-state index in [-0.39, 0.29) is 6.61 Å². The molecule has 25 heavy (non-hydrogen) atoms. The lowest BCUT2D eigenvalue weighted by molar-refractivity contribution is 0.284. The summed E-state index contributed by atoms with van der Waals surface area (Å²) < 4.78 is 11.3. The lowest BCUT2D eigenvalue weighted by atomic mass is 10.1. The molecule has 2 aromatic rings. The van der Waals surface area contributed by atoms with Crippen LogP contribution in [0.5, 0.6) is 11.5 Å². The first-order valence-electron chi connectivity index (χ1n) is 8.11. The van der Waals surface area contributed by atoms with Crippen LogP contribution in [0, 0.1) is 0 Å². The molecule has 0 amide bonds. The van der Waals surface area contributed by atoms with Crippen molar-refractivity contribution in [1.82, 2.24) is 5.32 Å². The molecule has 1 N–H and O–H groups in total. The predicted molar refractivity (Wildman–Crippen MR) is 105 cm³/mol. The summed E-state index contributed by atoms with van der Waals surface area (Å²) in [4.78, 5) is 0. The van der Waals surface area contributed by atoms with Crippen molar-refractivity contribution >= 4 is 34.8 Å². The summed E-state index contributed by atoms with van der Waals surface area (Å²) in [5.74, 6) is 1.17. The van der Waals surface area contributed by atoms with Gasteiger partial charge in [0.15, 0.2) is 11.5 Å². The first kappa shape index (κ1) is 20.2. The van der Waals surface area contributed by atoms with Crippen molar-refractivity contribution in [3.05, 3.63) is 56.5 Å². The molecule has 3 nitrogen and oxygen atoms in total. The smallest absolute Gasteiger partial charge is 0.163 e. The molecule has 0 aromatic heterocycles. The molecule has 0 spiro atoms. The van der Waals surface area contributed by atoms with E-state index in [2.05, 4.69) is 19.2 Å². The number of benzene rings is 2. The summed E-state index contributed by atoms with van der Waals surface area (Å²) in [5, 5.41) is 5.16. The van der Waals surface area contributed by atoms with E-state index < -0.39 is 0 Å². The average molecular weight is 403 g/mol. The zero-order valence-corrected chi connectivity index (χ0v) is 16.8. The van der Waals surface area contributed by atoms with Gasteiger partial charge in [-0.3, -0.25) is 0 Å². The Morgan fingerprint density at radius 2 is 1.72 bits per heavy atom. The molecule has 1 atom stereocenters. The second-order valence-corrected chi connectivity index (χ2v) is 7.00. The van der Waals surface area contributed by atoms with Crippen molar-refractivity contribution < 1.29 is 9.47 Å². The van der Waals surface area contributed by atoms with Gasteiger partial charge >= 0.3 is 0 Å². The molecule has 2 aromatic carbocycles. The van der Waals surface area contributed by atoms with Gasteiger partial charge in [-0.25, -0.2) is 0 Å². The SMILES string of the molecule is CCC(C)NCc1cc(OC)c(OCc2c(Cl)cccc2Cl)cc1Cl. The van der Waals surface area contributed by atoms with E-state index in [4.69, 9.17) is 44.3 Å². The quantitative estimate of drug-likeness (QED) is 0.576. The largest absolute Gasteiger partial charge is 0.493 e. The Morgan fingerprint density at radius 3 is 2.32 bits per heavy atom. The lowest BCUT2D eigenvalue weighted by Gasteiger charge is -2.16. The van der Waals surface area contributed by atoms with Crippen LogP contribution in [0.15, 0.2) is 30.3 Å². The maximum atomic E-state index is 6.40. The van der Waals surface area contributed by atoms with Gasteiger partial charge in [-0.15, -0.1) is 0 Å². The Kier molecular flexibility index (Phi) is 7.70. The van der Waals surface area contributed by atoms with Gasteiger partial charge in [0.05, 0.1) is 7.11 Å². The predicted octanol–water partition coefficient (Wildman–Crippen LogP) is 6.12. The van der Waals surface area contributed by atoms with Gasteiger partial charge in [-0.05, 0) is 37.1 Å². The van der Waals surface area contributed by atoms with Gasteiger partial charge in [0.2, 0.25) is 0 Å². The van der Waals surface area contributed by atoms with Crippen LogP contribution < -0.4 is 14.8 Å². The maximum Gasteiger partial charge on any atom is 0.163 e. The second-order valence-electron chi connectivity index (χ2n) is 5.77. The molecule has 1 unspecified atom stereocenters. The van der Waals surface area contributed by atoms with E-state index in [9.17, 15) is 0 Å². The Labute approximate surface area is 164 Å². The Bertz CT molecular complexity index is 702. The highest BCUT2D eigenvalue weighted by Gasteiger charge is 2.13. The monoisotopic (exact) mass is 401 g/mol. The van der Waals surface area contributed by atoms with Crippen LogP contribution in [-0.2, 0) is 13.2 Å². The van der Waals surface area contributed by atoms with Crippen molar-refractivity contribution in [2.75, 3.05) is 7.11 Å². The summed E-state index contributed by atoms with van der Waals surface area (Å²) in [5.41, 5.74) is 1.69.